The quantitative estimate of drug-likeness (QED) is 0.284. The molecule has 2 aromatic carbocycles. The summed E-state index contributed by atoms with van der Waals surface area (Å²) in [6.45, 7) is 7.73. The highest BCUT2D eigenvalue weighted by Crippen LogP contribution is 2.39. The van der Waals surface area contributed by atoms with Crippen LogP contribution in [-0.2, 0) is 17.3 Å². The van der Waals surface area contributed by atoms with Gasteiger partial charge in [0.2, 0.25) is 0 Å². The molecule has 194 valence electrons. The Bertz CT molecular complexity index is 946. The van der Waals surface area contributed by atoms with Gasteiger partial charge in [0, 0.05) is 0 Å². The summed E-state index contributed by atoms with van der Waals surface area (Å²) in [4.78, 5) is 0. The number of ether oxygens (including phenoxy) is 1. The molecule has 0 unspecified atom stereocenters. The van der Waals surface area contributed by atoms with Crippen LogP contribution in [0.4, 0.5) is 8.78 Å². The van der Waals surface area contributed by atoms with Crippen molar-refractivity contribution in [3.63, 3.8) is 0 Å². The van der Waals surface area contributed by atoms with Gasteiger partial charge >= 0.3 is 6.11 Å². The average Bonchev–Trinajstić information content (AvgIpc) is 2.93. The SMILES string of the molecule is C=CCCC1CCC(c2ccc(CCOC(F)(F)c3ccc(C4CCC(C=C)CC4)cc3)cc2)CC1. The standard InChI is InChI=1S/C33H42F2O/c1-3-5-6-26-9-15-29(16-10-26)30-17-11-27(12-18-30)23-24-36-33(34,35)32-21-19-31(20-22-32)28-13-7-25(4-2)8-14-28/h3-4,11-12,17-22,25-26,28-29H,1-2,5-10,13-16,23-24H2. The second-order valence-electron chi connectivity index (χ2n) is 10.9. The predicted molar refractivity (Wildman–Crippen MR) is 145 cm³/mol. The second kappa shape index (κ2) is 12.8. The van der Waals surface area contributed by atoms with E-state index in [0.29, 0.717) is 24.2 Å². The third-order valence-electron chi connectivity index (χ3n) is 8.57. The summed E-state index contributed by atoms with van der Waals surface area (Å²) in [5.74, 6) is 2.52. The van der Waals surface area contributed by atoms with Gasteiger partial charge in [-0.3, -0.25) is 0 Å². The molecule has 0 spiro atoms. The van der Waals surface area contributed by atoms with Crippen LogP contribution in [0.2, 0.25) is 0 Å². The van der Waals surface area contributed by atoms with Gasteiger partial charge in [-0.15, -0.1) is 13.2 Å². The van der Waals surface area contributed by atoms with Crippen LogP contribution in [0, 0.1) is 11.8 Å². The third-order valence-corrected chi connectivity index (χ3v) is 8.57. The Morgan fingerprint density at radius 3 is 1.89 bits per heavy atom. The number of benzene rings is 2. The first-order valence-electron chi connectivity index (χ1n) is 13.9. The Kier molecular flexibility index (Phi) is 9.53. The van der Waals surface area contributed by atoms with Gasteiger partial charge in [0.05, 0.1) is 12.2 Å². The summed E-state index contributed by atoms with van der Waals surface area (Å²) >= 11 is 0. The highest BCUT2D eigenvalue weighted by molar-refractivity contribution is 5.28. The summed E-state index contributed by atoms with van der Waals surface area (Å²) in [5.41, 5.74) is 3.51. The van der Waals surface area contributed by atoms with Crippen molar-refractivity contribution in [1.82, 2.24) is 0 Å². The summed E-state index contributed by atoms with van der Waals surface area (Å²) in [6.07, 6.45) is 13.2. The molecule has 3 heteroatoms. The van der Waals surface area contributed by atoms with E-state index in [1.165, 1.54) is 49.8 Å². The molecular formula is C33H42F2O. The lowest BCUT2D eigenvalue weighted by molar-refractivity contribution is -0.248. The molecule has 36 heavy (non-hydrogen) atoms. The molecule has 0 heterocycles. The molecule has 0 bridgehead atoms. The summed E-state index contributed by atoms with van der Waals surface area (Å²) < 4.78 is 34.5. The van der Waals surface area contributed by atoms with E-state index < -0.39 is 6.11 Å². The minimum Gasteiger partial charge on any atom is -0.316 e. The number of halogens is 2. The van der Waals surface area contributed by atoms with Crippen LogP contribution in [0.3, 0.4) is 0 Å². The summed E-state index contributed by atoms with van der Waals surface area (Å²) in [6, 6.07) is 15.3. The van der Waals surface area contributed by atoms with Crippen molar-refractivity contribution in [2.45, 2.75) is 88.6 Å². The van der Waals surface area contributed by atoms with Crippen molar-refractivity contribution >= 4 is 0 Å². The first-order chi connectivity index (χ1) is 17.5. The van der Waals surface area contributed by atoms with Crippen molar-refractivity contribution in [3.05, 3.63) is 96.1 Å². The molecule has 0 amide bonds. The Balaban J connectivity index is 1.22. The lowest BCUT2D eigenvalue weighted by atomic mass is 9.77. The fourth-order valence-electron chi connectivity index (χ4n) is 6.11. The molecule has 2 aliphatic carbocycles. The minimum atomic E-state index is -3.27. The van der Waals surface area contributed by atoms with Crippen LogP contribution >= 0.6 is 0 Å². The van der Waals surface area contributed by atoms with Gasteiger partial charge < -0.3 is 4.74 Å². The average molecular weight is 493 g/mol. The van der Waals surface area contributed by atoms with E-state index in [2.05, 4.69) is 37.4 Å². The Morgan fingerprint density at radius 2 is 1.33 bits per heavy atom. The van der Waals surface area contributed by atoms with Gasteiger partial charge in [-0.05, 0) is 111 Å². The zero-order chi connectivity index (χ0) is 25.4. The molecule has 0 aromatic heterocycles. The number of allylic oxidation sites excluding steroid dienone is 2. The van der Waals surface area contributed by atoms with Crippen LogP contribution < -0.4 is 0 Å². The normalized spacial score (nSPS) is 24.8. The van der Waals surface area contributed by atoms with Crippen LogP contribution in [0.15, 0.2) is 73.8 Å². The first kappa shape index (κ1) is 26.8. The van der Waals surface area contributed by atoms with Crippen LogP contribution in [0.25, 0.3) is 0 Å². The Hall–Kier alpha value is -2.26. The van der Waals surface area contributed by atoms with E-state index in [1.807, 2.05) is 24.3 Å². The lowest BCUT2D eigenvalue weighted by Gasteiger charge is -2.28. The second-order valence-corrected chi connectivity index (χ2v) is 10.9. The molecule has 0 saturated heterocycles. The smallest absolute Gasteiger partial charge is 0.316 e. The van der Waals surface area contributed by atoms with Crippen molar-refractivity contribution in [3.8, 4) is 0 Å². The van der Waals surface area contributed by atoms with Gasteiger partial charge in [-0.1, -0.05) is 60.7 Å². The molecule has 2 aliphatic rings. The van der Waals surface area contributed by atoms with Gasteiger partial charge in [-0.2, -0.15) is 8.78 Å². The molecule has 1 nitrogen and oxygen atoms in total. The first-order valence-corrected chi connectivity index (χ1v) is 13.9. The maximum Gasteiger partial charge on any atom is 0.383 e. The highest BCUT2D eigenvalue weighted by atomic mass is 19.3. The molecule has 4 rings (SSSR count). The molecule has 0 atom stereocenters. The third kappa shape index (κ3) is 7.16. The lowest BCUT2D eigenvalue weighted by Crippen LogP contribution is -2.20. The van der Waals surface area contributed by atoms with Crippen LogP contribution in [0.5, 0.6) is 0 Å². The van der Waals surface area contributed by atoms with Crippen molar-refractivity contribution in [1.29, 1.82) is 0 Å². The fraction of sp³-hybridized carbons (Fsp3) is 0.515. The van der Waals surface area contributed by atoms with E-state index in [1.54, 1.807) is 0 Å². The minimum absolute atomic E-state index is 0.00588. The molecule has 2 fully saturated rings. The predicted octanol–water partition coefficient (Wildman–Crippen LogP) is 9.69. The van der Waals surface area contributed by atoms with E-state index in [-0.39, 0.29) is 12.2 Å². The Morgan fingerprint density at radius 1 is 0.778 bits per heavy atom. The van der Waals surface area contributed by atoms with Crippen molar-refractivity contribution < 1.29 is 13.5 Å². The van der Waals surface area contributed by atoms with Gasteiger partial charge in [0.25, 0.3) is 0 Å². The summed E-state index contributed by atoms with van der Waals surface area (Å²) in [7, 11) is 0. The van der Waals surface area contributed by atoms with E-state index in [9.17, 15) is 8.78 Å². The molecular weight excluding hydrogens is 450 g/mol. The summed E-state index contributed by atoms with van der Waals surface area (Å²) in [5, 5.41) is 0. The van der Waals surface area contributed by atoms with Crippen molar-refractivity contribution in [2.75, 3.05) is 6.61 Å². The Labute approximate surface area is 216 Å². The fourth-order valence-corrected chi connectivity index (χ4v) is 6.11. The molecule has 0 aliphatic heterocycles. The highest BCUT2D eigenvalue weighted by Gasteiger charge is 2.33. The van der Waals surface area contributed by atoms with Crippen LogP contribution in [0.1, 0.15) is 98.3 Å². The van der Waals surface area contributed by atoms with Gasteiger partial charge in [0.15, 0.2) is 0 Å². The zero-order valence-corrected chi connectivity index (χ0v) is 21.6. The van der Waals surface area contributed by atoms with E-state index >= 15 is 0 Å². The maximum atomic E-state index is 14.7. The van der Waals surface area contributed by atoms with Gasteiger partial charge in [-0.25, -0.2) is 0 Å². The topological polar surface area (TPSA) is 9.23 Å². The van der Waals surface area contributed by atoms with Crippen molar-refractivity contribution in [2.24, 2.45) is 11.8 Å². The van der Waals surface area contributed by atoms with E-state index in [4.69, 9.17) is 4.74 Å². The molecule has 0 radical (unpaired) electrons. The monoisotopic (exact) mass is 492 g/mol. The molecule has 2 saturated carbocycles. The number of alkyl halides is 2. The largest absolute Gasteiger partial charge is 0.383 e. The number of hydrogen-bond acceptors (Lipinski definition) is 1. The van der Waals surface area contributed by atoms with Gasteiger partial charge in [0.1, 0.15) is 0 Å². The van der Waals surface area contributed by atoms with E-state index in [0.717, 1.165) is 49.1 Å². The maximum absolute atomic E-state index is 14.7. The molecule has 2 aromatic rings. The molecule has 0 N–H and O–H groups in total. The van der Waals surface area contributed by atoms with Crippen LogP contribution in [-0.4, -0.2) is 6.61 Å². The zero-order valence-electron chi connectivity index (χ0n) is 21.6. The number of hydrogen-bond donors (Lipinski definition) is 0. The number of rotatable bonds is 11.